The van der Waals surface area contributed by atoms with E-state index in [1.807, 2.05) is 0 Å². The highest BCUT2D eigenvalue weighted by Gasteiger charge is 2.32. The Labute approximate surface area is 103 Å². The second kappa shape index (κ2) is 4.64. The van der Waals surface area contributed by atoms with Crippen LogP contribution in [0.3, 0.4) is 0 Å². The number of nitrogen functional groups attached to an aromatic ring is 1. The highest BCUT2D eigenvalue weighted by Crippen LogP contribution is 2.34. The van der Waals surface area contributed by atoms with Crippen molar-refractivity contribution in [3.05, 3.63) is 17.7 Å². The SMILES string of the molecule is CC1CC(Nc2cc(C(F)(F)F)cc(NN)n2)C1. The van der Waals surface area contributed by atoms with Crippen LogP contribution in [0.4, 0.5) is 24.8 Å². The van der Waals surface area contributed by atoms with Gasteiger partial charge in [-0.2, -0.15) is 13.2 Å². The molecule has 100 valence electrons. The van der Waals surface area contributed by atoms with Crippen LogP contribution in [0.15, 0.2) is 12.1 Å². The van der Waals surface area contributed by atoms with Crippen LogP contribution in [0.25, 0.3) is 0 Å². The van der Waals surface area contributed by atoms with Gasteiger partial charge in [0.15, 0.2) is 0 Å². The summed E-state index contributed by atoms with van der Waals surface area (Å²) >= 11 is 0. The zero-order chi connectivity index (χ0) is 13.3. The van der Waals surface area contributed by atoms with Gasteiger partial charge in [-0.1, -0.05) is 6.92 Å². The van der Waals surface area contributed by atoms with Crippen molar-refractivity contribution in [2.45, 2.75) is 32.0 Å². The molecule has 0 spiro atoms. The maximum atomic E-state index is 12.7. The number of hydrogen-bond acceptors (Lipinski definition) is 4. The Morgan fingerprint density at radius 1 is 1.28 bits per heavy atom. The molecule has 0 unspecified atom stereocenters. The standard InChI is InChI=1S/C11H15F3N4/c1-6-2-8(3-6)16-9-4-7(11(12,13)14)5-10(17-9)18-15/h4-6,8H,2-3,15H2,1H3,(H2,16,17,18). The zero-order valence-corrected chi connectivity index (χ0v) is 9.88. The Morgan fingerprint density at radius 2 is 1.89 bits per heavy atom. The Hall–Kier alpha value is -1.50. The fourth-order valence-corrected chi connectivity index (χ4v) is 2.07. The molecule has 0 aromatic carbocycles. The summed E-state index contributed by atoms with van der Waals surface area (Å²) in [5.41, 5.74) is 1.38. The predicted molar refractivity (Wildman–Crippen MR) is 62.9 cm³/mol. The molecule has 7 heteroatoms. The number of pyridine rings is 1. The van der Waals surface area contributed by atoms with Gasteiger partial charge in [0.05, 0.1) is 5.56 Å². The number of nitrogens with two attached hydrogens (primary N) is 1. The van der Waals surface area contributed by atoms with Gasteiger partial charge in [-0.05, 0) is 30.9 Å². The summed E-state index contributed by atoms with van der Waals surface area (Å²) in [5.74, 6) is 5.94. The molecule has 1 aliphatic rings. The van der Waals surface area contributed by atoms with Gasteiger partial charge in [0.2, 0.25) is 0 Å². The van der Waals surface area contributed by atoms with Crippen molar-refractivity contribution in [3.8, 4) is 0 Å². The molecule has 18 heavy (non-hydrogen) atoms. The molecule has 1 heterocycles. The van der Waals surface area contributed by atoms with E-state index in [9.17, 15) is 13.2 Å². The Morgan fingerprint density at radius 3 is 2.39 bits per heavy atom. The number of nitrogens with zero attached hydrogens (tertiary/aromatic N) is 1. The van der Waals surface area contributed by atoms with Crippen LogP contribution in [0, 0.1) is 5.92 Å². The fourth-order valence-electron chi connectivity index (χ4n) is 2.07. The van der Waals surface area contributed by atoms with E-state index in [4.69, 9.17) is 5.84 Å². The maximum absolute atomic E-state index is 12.7. The monoisotopic (exact) mass is 260 g/mol. The quantitative estimate of drug-likeness (QED) is 0.577. The molecule has 0 saturated heterocycles. The van der Waals surface area contributed by atoms with Crippen LogP contribution >= 0.6 is 0 Å². The third-order valence-corrected chi connectivity index (χ3v) is 3.03. The van der Waals surface area contributed by atoms with E-state index < -0.39 is 11.7 Å². The van der Waals surface area contributed by atoms with Crippen LogP contribution in [-0.2, 0) is 6.18 Å². The van der Waals surface area contributed by atoms with Crippen molar-refractivity contribution in [1.29, 1.82) is 0 Å². The number of nitrogens with one attached hydrogen (secondary N) is 2. The van der Waals surface area contributed by atoms with E-state index >= 15 is 0 Å². The summed E-state index contributed by atoms with van der Waals surface area (Å²) in [6.45, 7) is 2.10. The number of alkyl halides is 3. The summed E-state index contributed by atoms with van der Waals surface area (Å²) in [7, 11) is 0. The third-order valence-electron chi connectivity index (χ3n) is 3.03. The van der Waals surface area contributed by atoms with E-state index in [1.54, 1.807) is 0 Å². The molecule has 0 aliphatic heterocycles. The van der Waals surface area contributed by atoms with Gasteiger partial charge in [-0.25, -0.2) is 10.8 Å². The molecular formula is C11H15F3N4. The summed E-state index contributed by atoms with van der Waals surface area (Å²) < 4.78 is 38.0. The number of hydrazine groups is 1. The Bertz CT molecular complexity index is 427. The van der Waals surface area contributed by atoms with Gasteiger partial charge in [0.1, 0.15) is 11.6 Å². The van der Waals surface area contributed by atoms with Crippen LogP contribution in [0.1, 0.15) is 25.3 Å². The predicted octanol–water partition coefficient (Wildman–Crippen LogP) is 2.60. The molecule has 1 saturated carbocycles. The average molecular weight is 260 g/mol. The van der Waals surface area contributed by atoms with Crippen molar-refractivity contribution in [2.75, 3.05) is 10.7 Å². The first-order valence-electron chi connectivity index (χ1n) is 5.71. The van der Waals surface area contributed by atoms with Crippen molar-refractivity contribution in [2.24, 2.45) is 11.8 Å². The lowest BCUT2D eigenvalue weighted by Gasteiger charge is -2.33. The molecule has 0 bridgehead atoms. The lowest BCUT2D eigenvalue weighted by atomic mass is 9.82. The molecule has 1 aromatic heterocycles. The molecule has 0 radical (unpaired) electrons. The minimum atomic E-state index is -4.40. The number of rotatable bonds is 3. The normalized spacial score (nSPS) is 23.4. The minimum Gasteiger partial charge on any atom is -0.367 e. The zero-order valence-electron chi connectivity index (χ0n) is 9.88. The summed E-state index contributed by atoms with van der Waals surface area (Å²) in [6.07, 6.45) is -2.51. The molecule has 4 N–H and O–H groups in total. The average Bonchev–Trinajstić information content (AvgIpc) is 2.25. The lowest BCUT2D eigenvalue weighted by Crippen LogP contribution is -2.34. The van der Waals surface area contributed by atoms with Crippen LogP contribution in [0.2, 0.25) is 0 Å². The lowest BCUT2D eigenvalue weighted by molar-refractivity contribution is -0.137. The second-order valence-electron chi connectivity index (χ2n) is 4.69. The van der Waals surface area contributed by atoms with Crippen molar-refractivity contribution < 1.29 is 13.2 Å². The highest BCUT2D eigenvalue weighted by atomic mass is 19.4. The van der Waals surface area contributed by atoms with Crippen molar-refractivity contribution in [3.63, 3.8) is 0 Å². The van der Waals surface area contributed by atoms with Crippen molar-refractivity contribution in [1.82, 2.24) is 4.98 Å². The molecule has 1 aliphatic carbocycles. The Kier molecular flexibility index (Phi) is 3.34. The summed E-state index contributed by atoms with van der Waals surface area (Å²) in [4.78, 5) is 3.97. The molecule has 2 rings (SSSR count). The number of anilines is 2. The molecule has 0 atom stereocenters. The van der Waals surface area contributed by atoms with E-state index in [1.165, 1.54) is 0 Å². The fraction of sp³-hybridized carbons (Fsp3) is 0.545. The summed E-state index contributed by atoms with van der Waals surface area (Å²) in [5, 5.41) is 2.99. The van der Waals surface area contributed by atoms with E-state index in [0.29, 0.717) is 5.92 Å². The first-order chi connectivity index (χ1) is 8.38. The highest BCUT2D eigenvalue weighted by molar-refractivity contribution is 5.49. The largest absolute Gasteiger partial charge is 0.416 e. The van der Waals surface area contributed by atoms with Crippen LogP contribution < -0.4 is 16.6 Å². The number of aromatic nitrogens is 1. The third kappa shape index (κ3) is 2.84. The van der Waals surface area contributed by atoms with Crippen molar-refractivity contribution >= 4 is 11.6 Å². The van der Waals surface area contributed by atoms with Gasteiger partial charge in [-0.3, -0.25) is 0 Å². The first kappa shape index (κ1) is 12.9. The minimum absolute atomic E-state index is 0.000281. The van der Waals surface area contributed by atoms with Gasteiger partial charge in [0.25, 0.3) is 0 Å². The topological polar surface area (TPSA) is 63.0 Å². The van der Waals surface area contributed by atoms with E-state index in [-0.39, 0.29) is 17.7 Å². The summed E-state index contributed by atoms with van der Waals surface area (Å²) in [6, 6.07) is 2.08. The van der Waals surface area contributed by atoms with Gasteiger partial charge in [0, 0.05) is 6.04 Å². The maximum Gasteiger partial charge on any atom is 0.416 e. The van der Waals surface area contributed by atoms with Crippen LogP contribution in [0.5, 0.6) is 0 Å². The van der Waals surface area contributed by atoms with E-state index in [0.717, 1.165) is 25.0 Å². The van der Waals surface area contributed by atoms with E-state index in [2.05, 4.69) is 22.7 Å². The smallest absolute Gasteiger partial charge is 0.367 e. The second-order valence-corrected chi connectivity index (χ2v) is 4.69. The first-order valence-corrected chi connectivity index (χ1v) is 5.71. The molecule has 4 nitrogen and oxygen atoms in total. The number of hydrogen-bond donors (Lipinski definition) is 3. The van der Waals surface area contributed by atoms with Crippen LogP contribution in [-0.4, -0.2) is 11.0 Å². The van der Waals surface area contributed by atoms with Gasteiger partial charge in [-0.15, -0.1) is 0 Å². The molecule has 1 aromatic rings. The Balaban J connectivity index is 2.18. The molecule has 0 amide bonds. The van der Waals surface area contributed by atoms with Gasteiger partial charge < -0.3 is 10.7 Å². The number of halogens is 3. The van der Waals surface area contributed by atoms with Gasteiger partial charge >= 0.3 is 6.18 Å². The molecular weight excluding hydrogens is 245 g/mol. The molecule has 1 fully saturated rings.